The third-order valence-electron chi connectivity index (χ3n) is 3.15. The molecule has 0 atom stereocenters. The van der Waals surface area contributed by atoms with Crippen LogP contribution in [0.4, 0.5) is 0 Å². The maximum absolute atomic E-state index is 11.9. The molecule has 2 aromatic carbocycles. The third kappa shape index (κ3) is 5.07. The van der Waals surface area contributed by atoms with Gasteiger partial charge in [0.15, 0.2) is 6.61 Å². The van der Waals surface area contributed by atoms with Crippen LogP contribution in [0.15, 0.2) is 50.4 Å². The van der Waals surface area contributed by atoms with Crippen LogP contribution in [0.2, 0.25) is 0 Å². The molecule has 0 saturated carbocycles. The van der Waals surface area contributed by atoms with E-state index in [1.165, 1.54) is 0 Å². The summed E-state index contributed by atoms with van der Waals surface area (Å²) < 4.78 is 7.24. The van der Waals surface area contributed by atoms with Gasteiger partial charge in [-0.25, -0.2) is 5.43 Å². The second kappa shape index (κ2) is 8.30. The van der Waals surface area contributed by atoms with Gasteiger partial charge < -0.3 is 9.84 Å². The van der Waals surface area contributed by atoms with Gasteiger partial charge in [-0.3, -0.25) is 4.79 Å². The van der Waals surface area contributed by atoms with E-state index in [9.17, 15) is 9.90 Å². The van der Waals surface area contributed by atoms with Crippen molar-refractivity contribution in [2.75, 3.05) is 6.61 Å². The van der Waals surface area contributed by atoms with Gasteiger partial charge in [0.2, 0.25) is 0 Å². The lowest BCUT2D eigenvalue weighted by molar-refractivity contribution is -0.123. The summed E-state index contributed by atoms with van der Waals surface area (Å²) in [5.41, 5.74) is 4.65. The number of hydrogen-bond acceptors (Lipinski definition) is 4. The van der Waals surface area contributed by atoms with Crippen LogP contribution in [0, 0.1) is 6.92 Å². The Morgan fingerprint density at radius 1 is 1.29 bits per heavy atom. The van der Waals surface area contributed by atoms with Gasteiger partial charge in [0.05, 0.1) is 10.2 Å². The first-order chi connectivity index (χ1) is 11.4. The first kappa shape index (κ1) is 18.5. The maximum Gasteiger partial charge on any atom is 0.277 e. The van der Waals surface area contributed by atoms with E-state index < -0.39 is 0 Å². The van der Waals surface area contributed by atoms with Crippen molar-refractivity contribution in [2.45, 2.75) is 13.8 Å². The molecular formula is C17H16Br2N2O3. The van der Waals surface area contributed by atoms with Crippen LogP contribution in [0.3, 0.4) is 0 Å². The van der Waals surface area contributed by atoms with E-state index in [1.54, 1.807) is 31.2 Å². The van der Waals surface area contributed by atoms with E-state index in [0.29, 0.717) is 11.5 Å². The Balaban J connectivity index is 1.96. The van der Waals surface area contributed by atoms with Crippen LogP contribution < -0.4 is 10.2 Å². The largest absolute Gasteiger partial charge is 0.508 e. The highest BCUT2D eigenvalue weighted by Gasteiger charge is 2.09. The van der Waals surface area contributed by atoms with Gasteiger partial charge in [-0.05, 0) is 59.6 Å². The minimum atomic E-state index is -0.372. The standard InChI is InChI=1S/C17H16Br2N2O3/c1-10-6-13(18)8-15(19)17(10)24-9-16(23)21-20-11(2)12-4-3-5-14(22)7-12/h3-8,22H,9H2,1-2H3,(H,21,23)/b20-11-. The Kier molecular flexibility index (Phi) is 6.39. The Morgan fingerprint density at radius 3 is 2.71 bits per heavy atom. The summed E-state index contributed by atoms with van der Waals surface area (Å²) in [6.45, 7) is 3.48. The molecule has 24 heavy (non-hydrogen) atoms. The second-order valence-corrected chi connectivity index (χ2v) is 6.87. The molecule has 0 aliphatic heterocycles. The molecule has 0 aliphatic rings. The summed E-state index contributed by atoms with van der Waals surface area (Å²) >= 11 is 6.80. The van der Waals surface area contributed by atoms with E-state index in [1.807, 2.05) is 19.1 Å². The zero-order valence-electron chi connectivity index (χ0n) is 13.1. The number of rotatable bonds is 5. The monoisotopic (exact) mass is 454 g/mol. The van der Waals surface area contributed by atoms with Crippen LogP contribution in [-0.2, 0) is 4.79 Å². The van der Waals surface area contributed by atoms with Gasteiger partial charge in [-0.15, -0.1) is 0 Å². The minimum absolute atomic E-state index is 0.146. The number of phenols is 1. The first-order valence-electron chi connectivity index (χ1n) is 7.08. The average molecular weight is 456 g/mol. The number of phenolic OH excluding ortho intramolecular Hbond substituents is 1. The topological polar surface area (TPSA) is 70.9 Å². The number of ether oxygens (including phenoxy) is 1. The lowest BCUT2D eigenvalue weighted by Crippen LogP contribution is -2.25. The molecule has 0 radical (unpaired) electrons. The molecule has 0 heterocycles. The van der Waals surface area contributed by atoms with E-state index >= 15 is 0 Å². The molecule has 0 saturated heterocycles. The number of halogens is 2. The van der Waals surface area contributed by atoms with Gasteiger partial charge in [-0.2, -0.15) is 5.10 Å². The SMILES string of the molecule is C/C(=N/NC(=O)COc1c(C)cc(Br)cc1Br)c1cccc(O)c1. The summed E-state index contributed by atoms with van der Waals surface area (Å²) in [6, 6.07) is 10.4. The van der Waals surface area contributed by atoms with E-state index in [-0.39, 0.29) is 18.3 Å². The number of carbonyl (C=O) groups is 1. The molecule has 0 aliphatic carbocycles. The molecule has 7 heteroatoms. The number of benzene rings is 2. The number of hydrazone groups is 1. The molecule has 0 aromatic heterocycles. The lowest BCUT2D eigenvalue weighted by Gasteiger charge is -2.11. The van der Waals surface area contributed by atoms with Crippen molar-refractivity contribution in [3.05, 3.63) is 56.5 Å². The molecule has 2 N–H and O–H groups in total. The predicted molar refractivity (Wildman–Crippen MR) is 101 cm³/mol. The molecule has 2 rings (SSSR count). The molecule has 0 spiro atoms. The van der Waals surface area contributed by atoms with E-state index in [2.05, 4.69) is 42.4 Å². The van der Waals surface area contributed by atoms with Crippen molar-refractivity contribution < 1.29 is 14.6 Å². The maximum atomic E-state index is 11.9. The molecule has 0 bridgehead atoms. The van der Waals surface area contributed by atoms with Crippen LogP contribution in [0.5, 0.6) is 11.5 Å². The summed E-state index contributed by atoms with van der Waals surface area (Å²) in [6.07, 6.45) is 0. The molecule has 1 amide bonds. The van der Waals surface area contributed by atoms with Crippen LogP contribution in [-0.4, -0.2) is 23.3 Å². The Bertz CT molecular complexity index is 768. The van der Waals surface area contributed by atoms with Gasteiger partial charge >= 0.3 is 0 Å². The van der Waals surface area contributed by atoms with Gasteiger partial charge in [0, 0.05) is 10.0 Å². The van der Waals surface area contributed by atoms with Crippen molar-refractivity contribution in [1.82, 2.24) is 5.43 Å². The molecule has 5 nitrogen and oxygen atoms in total. The number of nitrogens with zero attached hydrogens (tertiary/aromatic N) is 1. The minimum Gasteiger partial charge on any atom is -0.508 e. The van der Waals surface area contributed by atoms with E-state index in [4.69, 9.17) is 4.74 Å². The van der Waals surface area contributed by atoms with Crippen LogP contribution >= 0.6 is 31.9 Å². The molecule has 0 unspecified atom stereocenters. The van der Waals surface area contributed by atoms with Gasteiger partial charge in [0.1, 0.15) is 11.5 Å². The fourth-order valence-electron chi connectivity index (χ4n) is 1.98. The average Bonchev–Trinajstić information content (AvgIpc) is 2.51. The molecule has 126 valence electrons. The predicted octanol–water partition coefficient (Wildman–Crippen LogP) is 4.14. The Hall–Kier alpha value is -1.86. The van der Waals surface area contributed by atoms with Crippen molar-refractivity contribution in [3.63, 3.8) is 0 Å². The smallest absolute Gasteiger partial charge is 0.277 e. The number of hydrogen-bond donors (Lipinski definition) is 2. The number of aromatic hydroxyl groups is 1. The van der Waals surface area contributed by atoms with E-state index in [0.717, 1.165) is 20.1 Å². The highest BCUT2D eigenvalue weighted by atomic mass is 79.9. The molecule has 0 fully saturated rings. The van der Waals surface area contributed by atoms with Crippen molar-refractivity contribution in [1.29, 1.82) is 0 Å². The summed E-state index contributed by atoms with van der Waals surface area (Å²) in [7, 11) is 0. The van der Waals surface area contributed by atoms with Crippen molar-refractivity contribution in [3.8, 4) is 11.5 Å². The highest BCUT2D eigenvalue weighted by Crippen LogP contribution is 2.32. The molecular weight excluding hydrogens is 440 g/mol. The highest BCUT2D eigenvalue weighted by molar-refractivity contribution is 9.11. The first-order valence-corrected chi connectivity index (χ1v) is 8.66. The number of amides is 1. The Labute approximate surface area is 157 Å². The van der Waals surface area contributed by atoms with Gasteiger partial charge in [0.25, 0.3) is 5.91 Å². The zero-order chi connectivity index (χ0) is 17.7. The summed E-state index contributed by atoms with van der Waals surface area (Å²) in [5, 5.41) is 13.5. The summed E-state index contributed by atoms with van der Waals surface area (Å²) in [4.78, 5) is 11.9. The second-order valence-electron chi connectivity index (χ2n) is 5.10. The summed E-state index contributed by atoms with van der Waals surface area (Å²) in [5.74, 6) is 0.387. The quantitative estimate of drug-likeness (QED) is 0.525. The molecule has 2 aromatic rings. The van der Waals surface area contributed by atoms with Crippen LogP contribution in [0.1, 0.15) is 18.1 Å². The fraction of sp³-hybridized carbons (Fsp3) is 0.176. The fourth-order valence-corrected chi connectivity index (χ4v) is 3.54. The number of aryl methyl sites for hydroxylation is 1. The third-order valence-corrected chi connectivity index (χ3v) is 4.20. The Morgan fingerprint density at radius 2 is 2.04 bits per heavy atom. The lowest BCUT2D eigenvalue weighted by atomic mass is 10.1. The van der Waals surface area contributed by atoms with Crippen molar-refractivity contribution in [2.24, 2.45) is 5.10 Å². The normalized spacial score (nSPS) is 11.2. The zero-order valence-corrected chi connectivity index (χ0v) is 16.3. The van der Waals surface area contributed by atoms with Crippen molar-refractivity contribution >= 4 is 43.5 Å². The van der Waals surface area contributed by atoms with Gasteiger partial charge in [-0.1, -0.05) is 28.1 Å². The number of nitrogens with one attached hydrogen (secondary N) is 1. The van der Waals surface area contributed by atoms with Crippen LogP contribution in [0.25, 0.3) is 0 Å². The number of carbonyl (C=O) groups excluding carboxylic acids is 1.